The average Bonchev–Trinajstić information content (AvgIpc) is 1.89. The molecule has 0 bridgehead atoms. The topological polar surface area (TPSA) is 75.6 Å². The first kappa shape index (κ1) is 8.72. The fourth-order valence-electron chi connectivity index (χ4n) is 0.111. The molecule has 1 N–H and O–H groups in total. The second-order valence-electron chi connectivity index (χ2n) is 0.803. The average molecular weight is 142 g/mol. The van der Waals surface area contributed by atoms with E-state index in [0.29, 0.717) is 0 Å². The Hall–Kier alpha value is -0.280. The van der Waals surface area contributed by atoms with Crippen molar-refractivity contribution in [3.8, 4) is 0 Å². The Morgan fingerprint density at radius 1 is 1.22 bits per heavy atom. The Balaban J connectivity index is 2.60. The van der Waals surface area contributed by atoms with Crippen molar-refractivity contribution in [2.24, 2.45) is 0 Å². The summed E-state index contributed by atoms with van der Waals surface area (Å²) in [5, 5.41) is 20.9. The first-order valence-corrected chi connectivity index (χ1v) is 1.83. The normalized spacial score (nSPS) is 10.0. The van der Waals surface area contributed by atoms with E-state index in [0.717, 1.165) is 0 Å². The minimum atomic E-state index is -0.130. The number of hydrogen-bond acceptors (Lipinski definition) is 7. The maximum Gasteiger partial charge on any atom is 0.183 e. The molecule has 0 unspecified atom stereocenters. The van der Waals surface area contributed by atoms with Crippen molar-refractivity contribution in [2.45, 2.75) is 0 Å². The molecule has 0 aliphatic rings. The van der Waals surface area contributed by atoms with Crippen molar-refractivity contribution in [2.75, 3.05) is 13.9 Å². The van der Waals surface area contributed by atoms with Crippen LogP contribution in [0.15, 0.2) is 0 Å². The van der Waals surface area contributed by atoms with Crippen LogP contribution in [-0.4, -0.2) is 19.2 Å². The van der Waals surface area contributed by atoms with Crippen molar-refractivity contribution in [3.63, 3.8) is 0 Å². The summed E-state index contributed by atoms with van der Waals surface area (Å²) in [5.41, 5.74) is 0. The van der Waals surface area contributed by atoms with Crippen molar-refractivity contribution in [1.82, 2.24) is 0 Å². The molecular weight excluding hydrogens is 136 g/mol. The monoisotopic (exact) mass is 142 g/mol. The number of ether oxygens (including phenoxy) is 1. The van der Waals surface area contributed by atoms with Crippen molar-refractivity contribution in [3.05, 3.63) is 0 Å². The largest absolute Gasteiger partial charge is 0.355 e. The molecule has 0 spiro atoms. The van der Waals surface area contributed by atoms with Gasteiger partial charge in [-0.2, -0.15) is 4.89 Å². The van der Waals surface area contributed by atoms with E-state index in [9.17, 15) is 0 Å². The maximum absolute atomic E-state index is 7.41. The standard InChI is InChI=1S/C2H6O7/c1-4-2-5-7-9-8-6-3/h3H,2H2,1H3. The molecule has 0 aliphatic heterocycles. The first-order chi connectivity index (χ1) is 4.41. The van der Waals surface area contributed by atoms with Crippen LogP contribution in [0.25, 0.3) is 0 Å². The molecule has 0 saturated heterocycles. The predicted molar refractivity (Wildman–Crippen MR) is 19.9 cm³/mol. The van der Waals surface area contributed by atoms with E-state index in [1.807, 2.05) is 0 Å². The van der Waals surface area contributed by atoms with Gasteiger partial charge in [0.05, 0.1) is 0 Å². The molecule has 7 nitrogen and oxygen atoms in total. The van der Waals surface area contributed by atoms with Gasteiger partial charge in [0.1, 0.15) is 0 Å². The van der Waals surface area contributed by atoms with Crippen LogP contribution in [0, 0.1) is 0 Å². The van der Waals surface area contributed by atoms with Gasteiger partial charge in [0.25, 0.3) is 0 Å². The number of rotatable bonds is 6. The fraction of sp³-hybridized carbons (Fsp3) is 1.00. The van der Waals surface area contributed by atoms with Gasteiger partial charge in [0.2, 0.25) is 0 Å². The summed E-state index contributed by atoms with van der Waals surface area (Å²) in [4.78, 5) is 4.02. The first-order valence-electron chi connectivity index (χ1n) is 1.83. The SMILES string of the molecule is COCOOOOOO. The molecule has 0 atom stereocenters. The molecular formula is C2H6O7. The predicted octanol–water partition coefficient (Wildman–Crippen LogP) is -0.194. The lowest BCUT2D eigenvalue weighted by Crippen LogP contribution is -2.00. The Morgan fingerprint density at radius 2 is 2.00 bits per heavy atom. The second kappa shape index (κ2) is 7.72. The van der Waals surface area contributed by atoms with Crippen LogP contribution in [0.4, 0.5) is 0 Å². The molecule has 0 aliphatic carbocycles. The van der Waals surface area contributed by atoms with Gasteiger partial charge >= 0.3 is 0 Å². The minimum Gasteiger partial charge on any atom is -0.355 e. The molecule has 7 heteroatoms. The lowest BCUT2D eigenvalue weighted by Gasteiger charge is -1.95. The molecule has 0 amide bonds. The lowest BCUT2D eigenvalue weighted by atomic mass is 11.4. The lowest BCUT2D eigenvalue weighted by molar-refractivity contribution is -0.755. The molecule has 56 valence electrons. The Kier molecular flexibility index (Phi) is 7.48. The van der Waals surface area contributed by atoms with Gasteiger partial charge in [0.15, 0.2) is 6.79 Å². The Bertz CT molecular complexity index is 40.2. The molecule has 0 saturated carbocycles. The summed E-state index contributed by atoms with van der Waals surface area (Å²) in [6, 6.07) is 0. The minimum absolute atomic E-state index is 0.130. The third-order valence-corrected chi connectivity index (χ3v) is 0.300. The third kappa shape index (κ3) is 7.72. The molecule has 0 fully saturated rings. The Labute approximate surface area is 50.2 Å². The van der Waals surface area contributed by atoms with Gasteiger partial charge in [0, 0.05) is 7.11 Å². The molecule has 0 aromatic carbocycles. The van der Waals surface area contributed by atoms with Crippen LogP contribution in [0.1, 0.15) is 0 Å². The van der Waals surface area contributed by atoms with Gasteiger partial charge in [-0.05, 0) is 20.2 Å². The van der Waals surface area contributed by atoms with Gasteiger partial charge in [-0.1, -0.05) is 0 Å². The van der Waals surface area contributed by atoms with E-state index in [-0.39, 0.29) is 6.79 Å². The zero-order valence-corrected chi connectivity index (χ0v) is 4.60. The van der Waals surface area contributed by atoms with Crippen LogP contribution in [0.2, 0.25) is 0 Å². The summed E-state index contributed by atoms with van der Waals surface area (Å²) < 4.78 is 4.34. The molecule has 9 heavy (non-hydrogen) atoms. The second-order valence-corrected chi connectivity index (χ2v) is 0.803. The Morgan fingerprint density at radius 3 is 2.56 bits per heavy atom. The van der Waals surface area contributed by atoms with E-state index in [4.69, 9.17) is 5.26 Å². The highest BCUT2D eigenvalue weighted by Crippen LogP contribution is 1.82. The van der Waals surface area contributed by atoms with E-state index >= 15 is 0 Å². The van der Waals surface area contributed by atoms with Gasteiger partial charge in [-0.15, -0.1) is 0 Å². The van der Waals surface area contributed by atoms with E-state index in [1.165, 1.54) is 7.11 Å². The maximum atomic E-state index is 7.41. The highest BCUT2D eigenvalue weighted by atomic mass is 17.8. The summed E-state index contributed by atoms with van der Waals surface area (Å²) in [6.45, 7) is -0.130. The quantitative estimate of drug-likeness (QED) is 0.238. The molecule has 0 aromatic rings. The van der Waals surface area contributed by atoms with E-state index < -0.39 is 0 Å². The number of methoxy groups -OCH3 is 1. The van der Waals surface area contributed by atoms with Crippen LogP contribution >= 0.6 is 0 Å². The van der Waals surface area contributed by atoms with Crippen LogP contribution < -0.4 is 0 Å². The molecule has 0 aromatic heterocycles. The van der Waals surface area contributed by atoms with Gasteiger partial charge in [-0.3, -0.25) is 0 Å². The van der Waals surface area contributed by atoms with Crippen LogP contribution in [0.3, 0.4) is 0 Å². The van der Waals surface area contributed by atoms with Crippen molar-refractivity contribution in [1.29, 1.82) is 0 Å². The van der Waals surface area contributed by atoms with E-state index in [2.05, 4.69) is 29.8 Å². The molecule has 0 radical (unpaired) electrons. The van der Waals surface area contributed by atoms with E-state index in [1.54, 1.807) is 0 Å². The zero-order chi connectivity index (χ0) is 6.95. The summed E-state index contributed by atoms with van der Waals surface area (Å²) in [6.07, 6.45) is 0. The fourth-order valence-corrected chi connectivity index (χ4v) is 0.111. The van der Waals surface area contributed by atoms with Crippen molar-refractivity contribution < 1.29 is 35.0 Å². The third-order valence-electron chi connectivity index (χ3n) is 0.300. The number of hydrogen-bond donors (Lipinski definition) is 1. The highest BCUT2D eigenvalue weighted by Gasteiger charge is 1.87. The van der Waals surface area contributed by atoms with Crippen LogP contribution in [0.5, 0.6) is 0 Å². The van der Waals surface area contributed by atoms with Gasteiger partial charge in [-0.25, -0.2) is 5.26 Å². The smallest absolute Gasteiger partial charge is 0.183 e. The highest BCUT2D eigenvalue weighted by molar-refractivity contribution is 3.78. The van der Waals surface area contributed by atoms with Crippen LogP contribution in [-0.2, 0) is 29.8 Å². The van der Waals surface area contributed by atoms with Gasteiger partial charge < -0.3 is 4.74 Å². The zero-order valence-electron chi connectivity index (χ0n) is 4.60. The summed E-state index contributed by atoms with van der Waals surface area (Å²) in [5.74, 6) is 0. The summed E-state index contributed by atoms with van der Waals surface area (Å²) >= 11 is 0. The molecule has 0 rings (SSSR count). The summed E-state index contributed by atoms with van der Waals surface area (Å²) in [7, 11) is 1.38. The molecule has 0 heterocycles. The van der Waals surface area contributed by atoms with Crippen molar-refractivity contribution >= 4 is 0 Å².